The van der Waals surface area contributed by atoms with Crippen LogP contribution in [0.25, 0.3) is 0 Å². The first-order chi connectivity index (χ1) is 12.5. The molecule has 2 amide bonds. The van der Waals surface area contributed by atoms with Gasteiger partial charge in [0.2, 0.25) is 5.91 Å². The first-order valence-corrected chi connectivity index (χ1v) is 8.84. The van der Waals surface area contributed by atoms with E-state index in [1.165, 1.54) is 0 Å². The number of carbonyl (C=O) groups is 2. The highest BCUT2D eigenvalue weighted by molar-refractivity contribution is 5.98. The highest BCUT2D eigenvalue weighted by Crippen LogP contribution is 2.31. The fraction of sp³-hybridized carbons (Fsp3) is 0.421. The summed E-state index contributed by atoms with van der Waals surface area (Å²) >= 11 is 0. The summed E-state index contributed by atoms with van der Waals surface area (Å²) in [6.07, 6.45) is 1.08. The van der Waals surface area contributed by atoms with Crippen LogP contribution in [0.15, 0.2) is 30.3 Å². The van der Waals surface area contributed by atoms with Gasteiger partial charge >= 0.3 is 0 Å². The number of anilines is 1. The molecular weight excluding hydrogens is 332 g/mol. The van der Waals surface area contributed by atoms with E-state index in [4.69, 9.17) is 4.74 Å². The van der Waals surface area contributed by atoms with E-state index in [0.29, 0.717) is 18.8 Å². The van der Waals surface area contributed by atoms with Gasteiger partial charge in [0.05, 0.1) is 11.4 Å². The van der Waals surface area contributed by atoms with Crippen LogP contribution in [-0.2, 0) is 16.1 Å². The van der Waals surface area contributed by atoms with Crippen molar-refractivity contribution in [2.45, 2.75) is 33.2 Å². The second kappa shape index (κ2) is 8.03. The van der Waals surface area contributed by atoms with E-state index in [9.17, 15) is 9.59 Å². The molecule has 0 aliphatic carbocycles. The molecule has 0 bridgehead atoms. The van der Waals surface area contributed by atoms with Crippen molar-refractivity contribution in [3.63, 3.8) is 0 Å². The lowest BCUT2D eigenvalue weighted by molar-refractivity contribution is -0.122. The summed E-state index contributed by atoms with van der Waals surface area (Å²) in [5.41, 5.74) is 2.85. The Hall–Kier alpha value is -2.83. The Bertz CT molecular complexity index is 800. The summed E-state index contributed by atoms with van der Waals surface area (Å²) in [6.45, 7) is 5.72. The van der Waals surface area contributed by atoms with Gasteiger partial charge in [-0.2, -0.15) is 5.10 Å². The molecule has 0 radical (unpaired) electrons. The Morgan fingerprint density at radius 3 is 2.85 bits per heavy atom. The number of nitrogens with one attached hydrogen (secondary N) is 1. The fourth-order valence-corrected chi connectivity index (χ4v) is 3.06. The van der Waals surface area contributed by atoms with Crippen LogP contribution in [0.2, 0.25) is 0 Å². The minimum Gasteiger partial charge on any atom is -0.482 e. The number of para-hydroxylation sites is 2. The van der Waals surface area contributed by atoms with Crippen LogP contribution in [0, 0.1) is 13.8 Å². The molecule has 1 N–H and O–H groups in total. The summed E-state index contributed by atoms with van der Waals surface area (Å²) < 4.78 is 7.35. The predicted octanol–water partition coefficient (Wildman–Crippen LogP) is 1.82. The fourth-order valence-electron chi connectivity index (χ4n) is 3.06. The molecule has 0 saturated carbocycles. The largest absolute Gasteiger partial charge is 0.482 e. The molecule has 0 spiro atoms. The lowest BCUT2D eigenvalue weighted by Gasteiger charge is -2.29. The Balaban J connectivity index is 1.43. The second-order valence-corrected chi connectivity index (χ2v) is 6.41. The van der Waals surface area contributed by atoms with E-state index < -0.39 is 0 Å². The second-order valence-electron chi connectivity index (χ2n) is 6.41. The zero-order valence-electron chi connectivity index (χ0n) is 15.2. The minimum atomic E-state index is -0.124. The van der Waals surface area contributed by atoms with E-state index in [1.54, 1.807) is 4.90 Å². The molecule has 7 nitrogen and oxygen atoms in total. The van der Waals surface area contributed by atoms with E-state index in [0.717, 1.165) is 30.0 Å². The van der Waals surface area contributed by atoms with E-state index in [-0.39, 0.29) is 24.8 Å². The number of hydrogen-bond acceptors (Lipinski definition) is 4. The molecule has 0 atom stereocenters. The van der Waals surface area contributed by atoms with Crippen LogP contribution in [0.1, 0.15) is 24.2 Å². The molecule has 1 aliphatic heterocycles. The lowest BCUT2D eigenvalue weighted by atomic mass is 10.2. The third-order valence-electron chi connectivity index (χ3n) is 4.34. The average Bonchev–Trinajstić information content (AvgIpc) is 2.95. The highest BCUT2D eigenvalue weighted by atomic mass is 16.5. The lowest BCUT2D eigenvalue weighted by Crippen LogP contribution is -2.41. The maximum Gasteiger partial charge on any atom is 0.265 e. The summed E-state index contributed by atoms with van der Waals surface area (Å²) in [7, 11) is 0. The van der Waals surface area contributed by atoms with E-state index in [1.807, 2.05) is 48.9 Å². The van der Waals surface area contributed by atoms with Crippen molar-refractivity contribution in [3.05, 3.63) is 41.7 Å². The van der Waals surface area contributed by atoms with Crippen LogP contribution in [0.4, 0.5) is 5.69 Å². The number of aromatic nitrogens is 2. The maximum absolute atomic E-state index is 12.1. The molecule has 1 aromatic heterocycles. The van der Waals surface area contributed by atoms with Gasteiger partial charge in [0.15, 0.2) is 6.61 Å². The Kier molecular flexibility index (Phi) is 5.55. The van der Waals surface area contributed by atoms with Crippen molar-refractivity contribution in [1.29, 1.82) is 0 Å². The molecule has 2 heterocycles. The van der Waals surface area contributed by atoms with Gasteiger partial charge in [-0.05, 0) is 38.5 Å². The topological polar surface area (TPSA) is 76.5 Å². The van der Waals surface area contributed by atoms with Gasteiger partial charge in [0, 0.05) is 31.7 Å². The predicted molar refractivity (Wildman–Crippen MR) is 98.2 cm³/mol. The molecule has 138 valence electrons. The highest BCUT2D eigenvalue weighted by Gasteiger charge is 2.25. The van der Waals surface area contributed by atoms with Crippen molar-refractivity contribution < 1.29 is 14.3 Å². The maximum atomic E-state index is 12.1. The molecule has 0 fully saturated rings. The molecule has 7 heteroatoms. The molecular formula is C19H24N4O3. The van der Waals surface area contributed by atoms with Gasteiger partial charge in [-0.25, -0.2) is 0 Å². The number of aryl methyl sites for hydroxylation is 3. The molecule has 0 saturated heterocycles. The average molecular weight is 356 g/mol. The van der Waals surface area contributed by atoms with Gasteiger partial charge in [0.1, 0.15) is 5.75 Å². The monoisotopic (exact) mass is 356 g/mol. The van der Waals surface area contributed by atoms with Crippen molar-refractivity contribution in [2.24, 2.45) is 0 Å². The van der Waals surface area contributed by atoms with Crippen molar-refractivity contribution in [1.82, 2.24) is 15.1 Å². The van der Waals surface area contributed by atoms with Gasteiger partial charge in [0.25, 0.3) is 5.91 Å². The van der Waals surface area contributed by atoms with Crippen molar-refractivity contribution in [2.75, 3.05) is 24.6 Å². The SMILES string of the molecule is Cc1cc(C)n(CCCNC(=O)CCN2C(=O)COc3ccccc32)n1. The number of nitrogens with zero attached hydrogens (tertiary/aromatic N) is 3. The van der Waals surface area contributed by atoms with Crippen LogP contribution in [-0.4, -0.2) is 41.3 Å². The summed E-state index contributed by atoms with van der Waals surface area (Å²) in [5, 5.41) is 7.31. The van der Waals surface area contributed by atoms with E-state index in [2.05, 4.69) is 10.4 Å². The number of hydrogen-bond donors (Lipinski definition) is 1. The summed E-state index contributed by atoms with van der Waals surface area (Å²) in [5.74, 6) is 0.494. The van der Waals surface area contributed by atoms with Crippen molar-refractivity contribution >= 4 is 17.5 Å². The number of benzene rings is 1. The molecule has 0 unspecified atom stereocenters. The molecule has 1 aliphatic rings. The van der Waals surface area contributed by atoms with Crippen LogP contribution < -0.4 is 15.0 Å². The van der Waals surface area contributed by atoms with Gasteiger partial charge in [-0.1, -0.05) is 12.1 Å². The van der Waals surface area contributed by atoms with Crippen LogP contribution >= 0.6 is 0 Å². The molecule has 3 rings (SSSR count). The van der Waals surface area contributed by atoms with Crippen molar-refractivity contribution in [3.8, 4) is 5.75 Å². The Morgan fingerprint density at radius 2 is 2.08 bits per heavy atom. The van der Waals surface area contributed by atoms with Crippen LogP contribution in [0.5, 0.6) is 5.75 Å². The zero-order chi connectivity index (χ0) is 18.5. The Labute approximate surface area is 152 Å². The normalized spacial score (nSPS) is 13.3. The first kappa shape index (κ1) is 18.0. The number of amides is 2. The standard InChI is InChI=1S/C19H24N4O3/c1-14-12-15(2)23(21-14)10-5-9-20-18(24)8-11-22-16-6-3-4-7-17(16)26-13-19(22)25/h3-4,6-7,12H,5,8-11,13H2,1-2H3,(H,20,24). The smallest absolute Gasteiger partial charge is 0.265 e. The third-order valence-corrected chi connectivity index (χ3v) is 4.34. The summed E-state index contributed by atoms with van der Waals surface area (Å²) in [6, 6.07) is 9.41. The van der Waals surface area contributed by atoms with Gasteiger partial charge in [-0.3, -0.25) is 14.3 Å². The molecule has 26 heavy (non-hydrogen) atoms. The quantitative estimate of drug-likeness (QED) is 0.768. The molecule has 1 aromatic carbocycles. The van der Waals surface area contributed by atoms with E-state index >= 15 is 0 Å². The Morgan fingerprint density at radius 1 is 1.27 bits per heavy atom. The van der Waals surface area contributed by atoms with Gasteiger partial charge in [-0.15, -0.1) is 0 Å². The van der Waals surface area contributed by atoms with Crippen LogP contribution in [0.3, 0.4) is 0 Å². The number of fused-ring (bicyclic) bond motifs is 1. The number of rotatable bonds is 7. The minimum absolute atomic E-state index is 0.0151. The number of ether oxygens (including phenoxy) is 1. The molecule has 2 aromatic rings. The first-order valence-electron chi connectivity index (χ1n) is 8.84. The summed E-state index contributed by atoms with van der Waals surface area (Å²) in [4.78, 5) is 25.8. The number of carbonyl (C=O) groups excluding carboxylic acids is 2. The zero-order valence-corrected chi connectivity index (χ0v) is 15.2. The third kappa shape index (κ3) is 4.22. The van der Waals surface area contributed by atoms with Gasteiger partial charge < -0.3 is 15.0 Å².